The second-order valence-electron chi connectivity index (χ2n) is 5.78. The summed E-state index contributed by atoms with van der Waals surface area (Å²) in [5, 5.41) is 29.0. The summed E-state index contributed by atoms with van der Waals surface area (Å²) in [4.78, 5) is 11.0. The molecule has 1 unspecified atom stereocenters. The van der Waals surface area contributed by atoms with Crippen LogP contribution >= 0.6 is 0 Å². The Morgan fingerprint density at radius 2 is 2.18 bits per heavy atom. The first-order chi connectivity index (χ1) is 10.5. The highest BCUT2D eigenvalue weighted by Crippen LogP contribution is 2.29. The van der Waals surface area contributed by atoms with E-state index in [2.05, 4.69) is 6.92 Å². The number of hydrogen-bond donors (Lipinski definition) is 3. The molecule has 1 fully saturated rings. The molecule has 0 radical (unpaired) electrons. The monoisotopic (exact) mass is 316 g/mol. The van der Waals surface area contributed by atoms with Crippen LogP contribution in [0.1, 0.15) is 45.4 Å². The molecule has 3 N–H and O–H groups in total. The Morgan fingerprint density at radius 3 is 2.77 bits per heavy atom. The van der Waals surface area contributed by atoms with Crippen molar-refractivity contribution >= 4 is 5.97 Å². The molecular weight excluding hydrogens is 288 g/mol. The number of hydrogen-bond acceptors (Lipinski definition) is 5. The average molecular weight is 316 g/mol. The van der Waals surface area contributed by atoms with E-state index in [1.54, 1.807) is 12.2 Å². The van der Waals surface area contributed by atoms with Gasteiger partial charge in [-0.2, -0.15) is 0 Å². The zero-order valence-corrected chi connectivity index (χ0v) is 13.4. The number of carboxylic acids is 1. The summed E-state index contributed by atoms with van der Waals surface area (Å²) in [5.74, 6) is -1.52. The largest absolute Gasteiger partial charge is 0.481 e. The maximum Gasteiger partial charge on any atom is 0.303 e. The lowest BCUT2D eigenvalue weighted by atomic mass is 9.87. The summed E-state index contributed by atoms with van der Waals surface area (Å²) in [6.45, 7) is 2.10. The smallest absolute Gasteiger partial charge is 0.303 e. The number of aliphatic hydroxyl groups excluding tert-OH is 2. The second-order valence-corrected chi connectivity index (χ2v) is 5.78. The lowest BCUT2D eigenvalue weighted by Gasteiger charge is -2.37. The molecule has 6 nitrogen and oxygen atoms in total. The fraction of sp³-hybridized carbons (Fsp3) is 0.812. The standard InChI is InChI=1S/C16H28O6/c1-3-4-5-6-11(17)7-8-14-12(9-15(19)20)13(18)10-16(21-2)22-14/h7-8,11-14,16-18H,3-6,9-10H2,1-2H3,(H,19,20)/b8-7+/t11-,12-,13+,14+,16?/m0/s1. The van der Waals surface area contributed by atoms with E-state index in [1.807, 2.05) is 0 Å². The predicted octanol–water partition coefficient (Wildman–Crippen LogP) is 1.70. The molecule has 0 bridgehead atoms. The van der Waals surface area contributed by atoms with Crippen LogP contribution in [0.4, 0.5) is 0 Å². The average Bonchev–Trinajstić information content (AvgIpc) is 2.47. The molecule has 1 rings (SSSR count). The maximum atomic E-state index is 11.0. The Bertz CT molecular complexity index is 357. The van der Waals surface area contributed by atoms with Gasteiger partial charge >= 0.3 is 5.97 Å². The highest BCUT2D eigenvalue weighted by molar-refractivity contribution is 5.67. The number of carbonyl (C=O) groups is 1. The summed E-state index contributed by atoms with van der Waals surface area (Å²) in [7, 11) is 1.48. The third-order valence-corrected chi connectivity index (χ3v) is 3.96. The van der Waals surface area contributed by atoms with E-state index in [0.717, 1.165) is 19.3 Å². The summed E-state index contributed by atoms with van der Waals surface area (Å²) >= 11 is 0. The van der Waals surface area contributed by atoms with Gasteiger partial charge in [0.05, 0.1) is 24.7 Å². The Hall–Kier alpha value is -0.950. The number of rotatable bonds is 9. The number of ether oxygens (including phenoxy) is 2. The molecule has 0 aromatic heterocycles. The number of aliphatic carboxylic acids is 1. The van der Waals surface area contributed by atoms with Crippen LogP contribution in [0.25, 0.3) is 0 Å². The first kappa shape index (κ1) is 19.1. The molecule has 0 amide bonds. The molecule has 22 heavy (non-hydrogen) atoms. The molecule has 0 saturated carbocycles. The second kappa shape index (κ2) is 9.94. The summed E-state index contributed by atoms with van der Waals surface area (Å²) < 4.78 is 10.8. The van der Waals surface area contributed by atoms with Crippen molar-refractivity contribution in [1.29, 1.82) is 0 Å². The molecular formula is C16H28O6. The van der Waals surface area contributed by atoms with E-state index < -0.39 is 36.5 Å². The van der Waals surface area contributed by atoms with Gasteiger partial charge in [0, 0.05) is 19.4 Å². The Labute approximate surface area is 131 Å². The van der Waals surface area contributed by atoms with Gasteiger partial charge < -0.3 is 24.8 Å². The molecule has 1 aliphatic heterocycles. The van der Waals surface area contributed by atoms with E-state index in [4.69, 9.17) is 14.6 Å². The fourth-order valence-corrected chi connectivity index (χ4v) is 2.65. The quantitative estimate of drug-likeness (QED) is 0.442. The highest BCUT2D eigenvalue weighted by atomic mass is 16.7. The van der Waals surface area contributed by atoms with Gasteiger partial charge in [0.2, 0.25) is 0 Å². The van der Waals surface area contributed by atoms with Crippen molar-refractivity contribution in [2.24, 2.45) is 5.92 Å². The topological polar surface area (TPSA) is 96.2 Å². The Morgan fingerprint density at radius 1 is 1.45 bits per heavy atom. The Balaban J connectivity index is 2.65. The molecule has 1 saturated heterocycles. The third-order valence-electron chi connectivity index (χ3n) is 3.96. The van der Waals surface area contributed by atoms with Crippen molar-refractivity contribution in [2.45, 2.75) is 70.1 Å². The van der Waals surface area contributed by atoms with Crippen LogP contribution in [0.3, 0.4) is 0 Å². The van der Waals surface area contributed by atoms with Crippen molar-refractivity contribution in [3.8, 4) is 0 Å². The van der Waals surface area contributed by atoms with Gasteiger partial charge in [-0.15, -0.1) is 0 Å². The van der Waals surface area contributed by atoms with E-state index in [-0.39, 0.29) is 12.8 Å². The van der Waals surface area contributed by atoms with Crippen molar-refractivity contribution in [2.75, 3.05) is 7.11 Å². The minimum atomic E-state index is -0.981. The van der Waals surface area contributed by atoms with Gasteiger partial charge in [0.15, 0.2) is 6.29 Å². The van der Waals surface area contributed by atoms with Crippen molar-refractivity contribution < 1.29 is 29.6 Å². The van der Waals surface area contributed by atoms with Gasteiger partial charge in [0.1, 0.15) is 0 Å². The van der Waals surface area contributed by atoms with E-state index in [1.165, 1.54) is 7.11 Å². The number of unbranched alkanes of at least 4 members (excludes halogenated alkanes) is 2. The molecule has 1 heterocycles. The SMILES string of the molecule is CCCCC[C@H](O)/C=C/[C@H]1OC(OC)C[C@@H](O)[C@@H]1CC(=O)O. The van der Waals surface area contributed by atoms with E-state index >= 15 is 0 Å². The molecule has 128 valence electrons. The van der Waals surface area contributed by atoms with Crippen LogP contribution in [0, 0.1) is 5.92 Å². The third kappa shape index (κ3) is 6.44. The van der Waals surface area contributed by atoms with Crippen LogP contribution in [-0.4, -0.2) is 53.0 Å². The van der Waals surface area contributed by atoms with Crippen LogP contribution in [0.5, 0.6) is 0 Å². The van der Waals surface area contributed by atoms with Gasteiger partial charge in [-0.3, -0.25) is 4.79 Å². The normalized spacial score (nSPS) is 30.5. The summed E-state index contributed by atoms with van der Waals surface area (Å²) in [6.07, 6.45) is 4.57. The van der Waals surface area contributed by atoms with Crippen LogP contribution in [0.15, 0.2) is 12.2 Å². The summed E-state index contributed by atoms with van der Waals surface area (Å²) in [6, 6.07) is 0. The lowest BCUT2D eigenvalue weighted by molar-refractivity contribution is -0.215. The van der Waals surface area contributed by atoms with Crippen molar-refractivity contribution in [1.82, 2.24) is 0 Å². The van der Waals surface area contributed by atoms with E-state index in [0.29, 0.717) is 6.42 Å². The number of carboxylic acid groups (broad SMARTS) is 1. The van der Waals surface area contributed by atoms with Crippen LogP contribution in [0.2, 0.25) is 0 Å². The predicted molar refractivity (Wildman–Crippen MR) is 81.3 cm³/mol. The first-order valence-electron chi connectivity index (χ1n) is 7.92. The van der Waals surface area contributed by atoms with Gasteiger partial charge in [-0.1, -0.05) is 38.3 Å². The number of aliphatic hydroxyl groups is 2. The minimum Gasteiger partial charge on any atom is -0.481 e. The number of methoxy groups -OCH3 is 1. The van der Waals surface area contributed by atoms with Crippen LogP contribution < -0.4 is 0 Å². The fourth-order valence-electron chi connectivity index (χ4n) is 2.65. The van der Waals surface area contributed by atoms with Gasteiger partial charge in [-0.25, -0.2) is 0 Å². The zero-order chi connectivity index (χ0) is 16.5. The molecule has 0 aliphatic carbocycles. The zero-order valence-electron chi connectivity index (χ0n) is 13.4. The van der Waals surface area contributed by atoms with Gasteiger partial charge in [-0.05, 0) is 6.42 Å². The molecule has 0 aromatic rings. The molecule has 5 atom stereocenters. The Kier molecular flexibility index (Phi) is 8.63. The van der Waals surface area contributed by atoms with Crippen molar-refractivity contribution in [3.05, 3.63) is 12.2 Å². The molecule has 6 heteroatoms. The highest BCUT2D eigenvalue weighted by Gasteiger charge is 2.37. The first-order valence-corrected chi connectivity index (χ1v) is 7.92. The molecule has 0 aromatic carbocycles. The summed E-state index contributed by atoms with van der Waals surface area (Å²) in [5.41, 5.74) is 0. The minimum absolute atomic E-state index is 0.182. The van der Waals surface area contributed by atoms with Gasteiger partial charge in [0.25, 0.3) is 0 Å². The van der Waals surface area contributed by atoms with Crippen LogP contribution in [-0.2, 0) is 14.3 Å². The van der Waals surface area contributed by atoms with Crippen molar-refractivity contribution in [3.63, 3.8) is 0 Å². The molecule has 1 aliphatic rings. The van der Waals surface area contributed by atoms with E-state index in [9.17, 15) is 15.0 Å². The lowest BCUT2D eigenvalue weighted by Crippen LogP contribution is -2.45. The molecule has 0 spiro atoms. The maximum absolute atomic E-state index is 11.0.